The van der Waals surface area contributed by atoms with Crippen molar-refractivity contribution >= 4 is 39.1 Å². The first-order valence-corrected chi connectivity index (χ1v) is 2.84. The average molecular weight is 201 g/mol. The van der Waals surface area contributed by atoms with Crippen LogP contribution in [0.15, 0.2) is 8.97 Å². The van der Waals surface area contributed by atoms with Crippen LogP contribution in [0.3, 0.4) is 0 Å². The number of nitrogens with zero attached hydrogens (tertiary/aromatic N) is 1. The number of nitriles is 1. The van der Waals surface area contributed by atoms with Crippen LogP contribution in [0.4, 0.5) is 0 Å². The van der Waals surface area contributed by atoms with Crippen molar-refractivity contribution in [3.63, 3.8) is 0 Å². The third-order valence-electron chi connectivity index (χ3n) is 0.264. The predicted molar refractivity (Wildman–Crippen MR) is 33.3 cm³/mol. The van der Waals surface area contributed by atoms with E-state index in [9.17, 15) is 0 Å². The molecular formula is C3BrCl2N. The maximum Gasteiger partial charge on any atom is 0.143 e. The van der Waals surface area contributed by atoms with Crippen LogP contribution in [-0.4, -0.2) is 0 Å². The Morgan fingerprint density at radius 3 is 2.00 bits per heavy atom. The third-order valence-corrected chi connectivity index (χ3v) is 1.45. The molecule has 0 aliphatic rings. The first kappa shape index (κ1) is 7.29. The summed E-state index contributed by atoms with van der Waals surface area (Å²) in [6.07, 6.45) is 0. The molecule has 0 aliphatic heterocycles. The van der Waals surface area contributed by atoms with Crippen molar-refractivity contribution in [3.8, 4) is 6.07 Å². The molecule has 0 bridgehead atoms. The van der Waals surface area contributed by atoms with Gasteiger partial charge in [0.2, 0.25) is 0 Å². The van der Waals surface area contributed by atoms with Crippen molar-refractivity contribution in [1.82, 2.24) is 0 Å². The summed E-state index contributed by atoms with van der Waals surface area (Å²) in [5, 5.41) is 7.92. The first-order chi connectivity index (χ1) is 3.18. The Bertz CT molecular complexity index is 130. The Balaban J connectivity index is 4.07. The lowest BCUT2D eigenvalue weighted by molar-refractivity contribution is 1.53. The molecule has 0 unspecified atom stereocenters. The zero-order chi connectivity index (χ0) is 5.86. The fraction of sp³-hybridized carbons (Fsp3) is 0. The highest BCUT2D eigenvalue weighted by molar-refractivity contribution is 9.12. The van der Waals surface area contributed by atoms with Crippen LogP contribution in [-0.2, 0) is 0 Å². The van der Waals surface area contributed by atoms with Crippen LogP contribution in [0.25, 0.3) is 0 Å². The topological polar surface area (TPSA) is 23.8 Å². The highest BCUT2D eigenvalue weighted by Crippen LogP contribution is 2.18. The van der Waals surface area contributed by atoms with E-state index < -0.39 is 0 Å². The molecule has 0 amide bonds. The van der Waals surface area contributed by atoms with E-state index in [1.54, 1.807) is 6.07 Å². The van der Waals surface area contributed by atoms with Gasteiger partial charge in [-0.15, -0.1) is 0 Å². The second-order valence-corrected chi connectivity index (χ2v) is 2.69. The lowest BCUT2D eigenvalue weighted by atomic mass is 10.7. The maximum absolute atomic E-state index is 7.95. The van der Waals surface area contributed by atoms with Crippen LogP contribution in [0.2, 0.25) is 0 Å². The van der Waals surface area contributed by atoms with Crippen molar-refractivity contribution in [2.24, 2.45) is 0 Å². The van der Waals surface area contributed by atoms with E-state index in [-0.39, 0.29) is 8.97 Å². The summed E-state index contributed by atoms with van der Waals surface area (Å²) in [5.41, 5.74) is 0. The fourth-order valence-corrected chi connectivity index (χ4v) is 0.173. The van der Waals surface area contributed by atoms with Gasteiger partial charge in [0.05, 0.1) is 0 Å². The highest BCUT2D eigenvalue weighted by Gasteiger charge is 1.91. The minimum Gasteiger partial charge on any atom is -0.191 e. The summed E-state index contributed by atoms with van der Waals surface area (Å²) in [4.78, 5) is 0. The molecule has 0 aliphatic carbocycles. The van der Waals surface area contributed by atoms with E-state index in [1.165, 1.54) is 0 Å². The van der Waals surface area contributed by atoms with Gasteiger partial charge in [0.25, 0.3) is 0 Å². The predicted octanol–water partition coefficient (Wildman–Crippen LogP) is 2.55. The number of rotatable bonds is 0. The molecule has 0 aromatic heterocycles. The van der Waals surface area contributed by atoms with E-state index in [1.807, 2.05) is 0 Å². The number of hydrogen-bond donors (Lipinski definition) is 0. The van der Waals surface area contributed by atoms with E-state index in [2.05, 4.69) is 15.9 Å². The van der Waals surface area contributed by atoms with Gasteiger partial charge < -0.3 is 0 Å². The molecule has 0 aromatic carbocycles. The quantitative estimate of drug-likeness (QED) is 0.552. The van der Waals surface area contributed by atoms with Gasteiger partial charge >= 0.3 is 0 Å². The van der Waals surface area contributed by atoms with Crippen molar-refractivity contribution < 1.29 is 0 Å². The van der Waals surface area contributed by atoms with Gasteiger partial charge in [-0.2, -0.15) is 5.26 Å². The Morgan fingerprint density at radius 2 is 2.00 bits per heavy atom. The summed E-state index contributed by atoms with van der Waals surface area (Å²) >= 11 is 13.1. The van der Waals surface area contributed by atoms with Gasteiger partial charge in [0, 0.05) is 0 Å². The smallest absolute Gasteiger partial charge is 0.143 e. The van der Waals surface area contributed by atoms with Crippen LogP contribution in [0, 0.1) is 11.3 Å². The van der Waals surface area contributed by atoms with Crippen molar-refractivity contribution in [1.29, 1.82) is 5.26 Å². The summed E-state index contributed by atoms with van der Waals surface area (Å²) in [6.45, 7) is 0. The minimum absolute atomic E-state index is 0.0262. The van der Waals surface area contributed by atoms with Crippen molar-refractivity contribution in [2.45, 2.75) is 0 Å². The molecular weight excluding hydrogens is 201 g/mol. The zero-order valence-electron chi connectivity index (χ0n) is 3.08. The zero-order valence-corrected chi connectivity index (χ0v) is 6.18. The fourth-order valence-electron chi connectivity index (χ4n) is 0.0423. The SMILES string of the molecule is N#CC(Cl)=C(Cl)Br. The number of hydrogen-bond acceptors (Lipinski definition) is 1. The van der Waals surface area contributed by atoms with Crippen molar-refractivity contribution in [2.75, 3.05) is 0 Å². The Morgan fingerprint density at radius 1 is 1.57 bits per heavy atom. The molecule has 0 spiro atoms. The van der Waals surface area contributed by atoms with Crippen LogP contribution in [0.1, 0.15) is 0 Å². The van der Waals surface area contributed by atoms with E-state index in [0.29, 0.717) is 0 Å². The lowest BCUT2D eigenvalue weighted by Crippen LogP contribution is -1.58. The Labute approximate surface area is 59.6 Å². The number of halogens is 3. The van der Waals surface area contributed by atoms with Gasteiger partial charge in [-0.05, 0) is 15.9 Å². The summed E-state index contributed by atoms with van der Waals surface area (Å²) < 4.78 is 0.150. The average Bonchev–Trinajstić information content (AvgIpc) is 1.65. The van der Waals surface area contributed by atoms with E-state index >= 15 is 0 Å². The summed E-state index contributed by atoms with van der Waals surface area (Å²) in [6, 6.07) is 1.63. The van der Waals surface area contributed by atoms with E-state index in [4.69, 9.17) is 28.5 Å². The molecule has 0 saturated heterocycles. The Kier molecular flexibility index (Phi) is 3.45. The van der Waals surface area contributed by atoms with Gasteiger partial charge in [-0.1, -0.05) is 23.2 Å². The van der Waals surface area contributed by atoms with Crippen LogP contribution in [0.5, 0.6) is 0 Å². The summed E-state index contributed by atoms with van der Waals surface area (Å²) in [7, 11) is 0. The molecule has 0 rings (SSSR count). The minimum atomic E-state index is -0.0262. The maximum atomic E-state index is 7.95. The second-order valence-electron chi connectivity index (χ2n) is 0.686. The molecule has 0 heterocycles. The van der Waals surface area contributed by atoms with Gasteiger partial charge in [0.15, 0.2) is 0 Å². The molecule has 0 saturated carbocycles. The Hall–Kier alpha value is 0.290. The molecule has 1 nitrogen and oxygen atoms in total. The molecule has 0 N–H and O–H groups in total. The van der Waals surface area contributed by atoms with Gasteiger partial charge in [-0.3, -0.25) is 0 Å². The molecule has 0 radical (unpaired) electrons. The lowest BCUT2D eigenvalue weighted by Gasteiger charge is -1.76. The normalized spacial score (nSPS) is 12.3. The molecule has 0 aromatic rings. The van der Waals surface area contributed by atoms with Gasteiger partial charge in [-0.25, -0.2) is 0 Å². The highest BCUT2D eigenvalue weighted by atomic mass is 79.9. The molecule has 0 fully saturated rings. The first-order valence-electron chi connectivity index (χ1n) is 1.29. The van der Waals surface area contributed by atoms with Crippen molar-refractivity contribution in [3.05, 3.63) is 8.97 Å². The van der Waals surface area contributed by atoms with Crippen LogP contribution < -0.4 is 0 Å². The molecule has 7 heavy (non-hydrogen) atoms. The molecule has 4 heteroatoms. The van der Waals surface area contributed by atoms with Gasteiger partial charge in [0.1, 0.15) is 15.0 Å². The summed E-state index contributed by atoms with van der Waals surface area (Å²) in [5.74, 6) is 0. The monoisotopic (exact) mass is 199 g/mol. The largest absolute Gasteiger partial charge is 0.191 e. The third kappa shape index (κ3) is 2.93. The van der Waals surface area contributed by atoms with E-state index in [0.717, 1.165) is 0 Å². The second kappa shape index (κ2) is 3.31. The van der Waals surface area contributed by atoms with Crippen LogP contribution >= 0.6 is 39.1 Å². The molecule has 38 valence electrons. The molecule has 0 atom stereocenters. The standard InChI is InChI=1S/C3BrCl2N/c4-3(6)2(5)1-7. The number of allylic oxidation sites excluding steroid dienone is 1.